The van der Waals surface area contributed by atoms with Crippen LogP contribution in [0, 0.1) is 0 Å². The molecule has 0 aliphatic rings. The molecule has 0 bridgehead atoms. The van der Waals surface area contributed by atoms with Gasteiger partial charge in [0.15, 0.2) is 11.0 Å². The number of halogens is 1. The van der Waals surface area contributed by atoms with Crippen LogP contribution in [0.1, 0.15) is 52.9 Å². The summed E-state index contributed by atoms with van der Waals surface area (Å²) in [4.78, 5) is 36.9. The number of thioether (sulfide) groups is 1. The average molecular weight is 516 g/mol. The normalized spacial score (nSPS) is 11.5. The lowest BCUT2D eigenvalue weighted by molar-refractivity contribution is -0.113. The summed E-state index contributed by atoms with van der Waals surface area (Å²) in [5, 5.41) is 15.0. The number of carbonyl (C=O) groups is 3. The molecule has 2 amide bonds. The van der Waals surface area contributed by atoms with Crippen LogP contribution < -0.4 is 10.6 Å². The van der Waals surface area contributed by atoms with Crippen molar-refractivity contribution in [3.63, 3.8) is 0 Å². The van der Waals surface area contributed by atoms with E-state index in [2.05, 4.69) is 20.8 Å². The highest BCUT2D eigenvalue weighted by atomic mass is 35.5. The quantitative estimate of drug-likeness (QED) is 0.306. The third kappa shape index (κ3) is 7.30. The van der Waals surface area contributed by atoms with Crippen LogP contribution in [0.4, 0.5) is 5.69 Å². The first-order valence-electron chi connectivity index (χ1n) is 10.9. The maximum Gasteiger partial charge on any atom is 0.338 e. The Bertz CT molecular complexity index is 1200. The zero-order chi connectivity index (χ0) is 25.4. The topological polar surface area (TPSA) is 115 Å². The molecule has 1 atom stereocenters. The molecular weight excluding hydrogens is 490 g/mol. The number of nitrogens with zero attached hydrogens (tertiary/aromatic N) is 3. The molecule has 2 aromatic carbocycles. The van der Waals surface area contributed by atoms with Crippen LogP contribution >= 0.6 is 23.4 Å². The van der Waals surface area contributed by atoms with Gasteiger partial charge in [0, 0.05) is 23.3 Å². The average Bonchev–Trinajstić information content (AvgIpc) is 3.22. The third-order valence-corrected chi connectivity index (χ3v) is 6.13. The minimum Gasteiger partial charge on any atom is -0.462 e. The van der Waals surface area contributed by atoms with Gasteiger partial charge in [-0.25, -0.2) is 4.79 Å². The lowest BCUT2D eigenvalue weighted by Gasteiger charge is -2.13. The first kappa shape index (κ1) is 26.2. The van der Waals surface area contributed by atoms with E-state index in [1.807, 2.05) is 6.92 Å². The molecule has 35 heavy (non-hydrogen) atoms. The molecule has 0 unspecified atom stereocenters. The molecule has 184 valence electrons. The Morgan fingerprint density at radius 3 is 2.57 bits per heavy atom. The van der Waals surface area contributed by atoms with Crippen molar-refractivity contribution < 1.29 is 19.1 Å². The van der Waals surface area contributed by atoms with Crippen molar-refractivity contribution in [2.75, 3.05) is 17.7 Å². The number of hydrogen-bond acceptors (Lipinski definition) is 7. The predicted octanol–water partition coefficient (Wildman–Crippen LogP) is 4.26. The number of hydrogen-bond donors (Lipinski definition) is 2. The number of ether oxygens (including phenoxy) is 1. The van der Waals surface area contributed by atoms with Gasteiger partial charge in [0.2, 0.25) is 5.91 Å². The summed E-state index contributed by atoms with van der Waals surface area (Å²) < 4.78 is 6.86. The largest absolute Gasteiger partial charge is 0.462 e. The highest BCUT2D eigenvalue weighted by molar-refractivity contribution is 7.99. The van der Waals surface area contributed by atoms with E-state index in [0.29, 0.717) is 39.4 Å². The molecular formula is C24H26ClN5O4S. The summed E-state index contributed by atoms with van der Waals surface area (Å²) in [5.41, 5.74) is 1.35. The number of nitrogens with one attached hydrogen (secondary N) is 2. The van der Waals surface area contributed by atoms with E-state index in [0.717, 1.165) is 6.42 Å². The third-order valence-electron chi connectivity index (χ3n) is 4.86. The molecule has 0 fully saturated rings. The zero-order valence-corrected chi connectivity index (χ0v) is 21.2. The highest BCUT2D eigenvalue weighted by Crippen LogP contribution is 2.20. The minimum atomic E-state index is -0.429. The van der Waals surface area contributed by atoms with Crippen LogP contribution in [0.25, 0.3) is 0 Å². The van der Waals surface area contributed by atoms with Gasteiger partial charge in [0.1, 0.15) is 0 Å². The number of carbonyl (C=O) groups excluding carboxylic acids is 3. The van der Waals surface area contributed by atoms with E-state index in [4.69, 9.17) is 16.3 Å². The van der Waals surface area contributed by atoms with E-state index in [1.165, 1.54) is 11.8 Å². The van der Waals surface area contributed by atoms with Crippen LogP contribution in [-0.2, 0) is 16.6 Å². The SMILES string of the molecule is CCCOC(=O)c1cccc(NC(=O)CSc2nnc([C@@H](C)NC(=O)c3ccc(Cl)cc3)n2C)c1. The fourth-order valence-electron chi connectivity index (χ4n) is 3.10. The van der Waals surface area contributed by atoms with Gasteiger partial charge in [0.25, 0.3) is 5.91 Å². The Morgan fingerprint density at radius 1 is 1.11 bits per heavy atom. The first-order chi connectivity index (χ1) is 16.8. The lowest BCUT2D eigenvalue weighted by atomic mass is 10.2. The number of anilines is 1. The second kappa shape index (κ2) is 12.4. The minimum absolute atomic E-state index is 0.0853. The van der Waals surface area contributed by atoms with Crippen molar-refractivity contribution in [2.24, 2.45) is 7.05 Å². The summed E-state index contributed by atoms with van der Waals surface area (Å²) in [5.74, 6) is -0.314. The van der Waals surface area contributed by atoms with Crippen LogP contribution in [0.15, 0.2) is 53.7 Å². The van der Waals surface area contributed by atoms with Crippen LogP contribution in [0.2, 0.25) is 5.02 Å². The van der Waals surface area contributed by atoms with Gasteiger partial charge in [-0.05, 0) is 55.8 Å². The van der Waals surface area contributed by atoms with E-state index in [9.17, 15) is 14.4 Å². The van der Waals surface area contributed by atoms with Gasteiger partial charge in [-0.1, -0.05) is 36.4 Å². The molecule has 2 N–H and O–H groups in total. The van der Waals surface area contributed by atoms with Crippen LogP contribution in [0.5, 0.6) is 0 Å². The number of amides is 2. The van der Waals surface area contributed by atoms with Crippen LogP contribution in [0.3, 0.4) is 0 Å². The molecule has 0 spiro atoms. The predicted molar refractivity (Wildman–Crippen MR) is 135 cm³/mol. The Kier molecular flexibility index (Phi) is 9.27. The maximum atomic E-state index is 12.5. The monoisotopic (exact) mass is 515 g/mol. The fourth-order valence-corrected chi connectivity index (χ4v) is 3.95. The van der Waals surface area contributed by atoms with Crippen molar-refractivity contribution in [3.05, 3.63) is 70.5 Å². The number of benzene rings is 2. The van der Waals surface area contributed by atoms with Gasteiger partial charge in [-0.2, -0.15) is 0 Å². The summed E-state index contributed by atoms with van der Waals surface area (Å²) in [7, 11) is 1.77. The molecule has 0 saturated heterocycles. The molecule has 0 radical (unpaired) electrons. The smallest absolute Gasteiger partial charge is 0.338 e. The number of esters is 1. The summed E-state index contributed by atoms with van der Waals surface area (Å²) >= 11 is 7.08. The first-order valence-corrected chi connectivity index (χ1v) is 12.3. The Hall–Kier alpha value is -3.37. The van der Waals surface area contributed by atoms with E-state index >= 15 is 0 Å². The zero-order valence-electron chi connectivity index (χ0n) is 19.6. The van der Waals surface area contributed by atoms with Gasteiger partial charge in [-0.15, -0.1) is 10.2 Å². The summed E-state index contributed by atoms with van der Waals surface area (Å²) in [6.07, 6.45) is 0.733. The second-order valence-electron chi connectivity index (χ2n) is 7.66. The highest BCUT2D eigenvalue weighted by Gasteiger charge is 2.19. The Balaban J connectivity index is 1.55. The Labute approximate surface area is 212 Å². The van der Waals surface area contributed by atoms with Gasteiger partial charge < -0.3 is 19.9 Å². The molecule has 1 aromatic heterocycles. The van der Waals surface area contributed by atoms with Gasteiger partial charge >= 0.3 is 5.97 Å². The van der Waals surface area contributed by atoms with E-state index in [1.54, 1.807) is 67.1 Å². The van der Waals surface area contributed by atoms with E-state index in [-0.39, 0.29) is 17.6 Å². The Morgan fingerprint density at radius 2 is 1.86 bits per heavy atom. The number of aromatic nitrogens is 3. The second-order valence-corrected chi connectivity index (χ2v) is 9.03. The van der Waals surface area contributed by atoms with Crippen LogP contribution in [-0.4, -0.2) is 44.9 Å². The molecule has 3 rings (SSSR count). The molecule has 0 aliphatic carbocycles. The standard InChI is InChI=1S/C24H26ClN5O4S/c1-4-12-34-23(33)17-6-5-7-19(13-17)27-20(31)14-35-24-29-28-21(30(24)3)15(2)26-22(32)16-8-10-18(25)11-9-16/h5-11,13,15H,4,12,14H2,1-3H3,(H,26,32)(H,27,31)/t15-/m1/s1. The van der Waals surface area contributed by atoms with Crippen molar-refractivity contribution in [1.29, 1.82) is 0 Å². The lowest BCUT2D eigenvalue weighted by Crippen LogP contribution is -2.28. The molecule has 0 saturated carbocycles. The van der Waals surface area contributed by atoms with Crippen molar-refractivity contribution in [3.8, 4) is 0 Å². The van der Waals surface area contributed by atoms with Crippen molar-refractivity contribution >= 4 is 46.8 Å². The molecule has 1 heterocycles. The molecule has 0 aliphatic heterocycles. The van der Waals surface area contributed by atoms with Gasteiger partial charge in [0.05, 0.1) is 24.0 Å². The maximum absolute atomic E-state index is 12.5. The van der Waals surface area contributed by atoms with Crippen molar-refractivity contribution in [1.82, 2.24) is 20.1 Å². The van der Waals surface area contributed by atoms with E-state index < -0.39 is 12.0 Å². The van der Waals surface area contributed by atoms with Gasteiger partial charge in [-0.3, -0.25) is 9.59 Å². The summed E-state index contributed by atoms with van der Waals surface area (Å²) in [6.45, 7) is 4.06. The molecule has 11 heteroatoms. The molecule has 3 aromatic rings. The molecule has 9 nitrogen and oxygen atoms in total. The summed E-state index contributed by atoms with van der Waals surface area (Å²) in [6, 6.07) is 12.8. The number of rotatable bonds is 10. The van der Waals surface area contributed by atoms with Crippen molar-refractivity contribution in [2.45, 2.75) is 31.5 Å². The fraction of sp³-hybridized carbons (Fsp3) is 0.292.